The van der Waals surface area contributed by atoms with Gasteiger partial charge in [-0.1, -0.05) is 192 Å². The number of rotatable bonds is 42. The zero-order valence-electron chi connectivity index (χ0n) is 36.4. The molecule has 0 aromatic rings. The lowest BCUT2D eigenvalue weighted by molar-refractivity contribution is -0.161. The summed E-state index contributed by atoms with van der Waals surface area (Å²) in [6.45, 7) is 3.62. The molecule has 57 heavy (non-hydrogen) atoms. The van der Waals surface area contributed by atoms with Gasteiger partial charge >= 0.3 is 19.8 Å². The number of carbonyl (C=O) groups excluding carboxylic acids is 2. The van der Waals surface area contributed by atoms with Gasteiger partial charge in [-0.15, -0.1) is 0 Å². The number of unbranched alkanes of at least 4 members (excludes halogenated alkanes) is 23. The monoisotopic (exact) mass is 825 g/mol. The molecule has 0 aromatic heterocycles. The summed E-state index contributed by atoms with van der Waals surface area (Å²) in [5, 5.41) is 0. The van der Waals surface area contributed by atoms with Crippen molar-refractivity contribution in [2.75, 3.05) is 13.2 Å². The highest BCUT2D eigenvalue weighted by Gasteiger charge is 2.36. The van der Waals surface area contributed by atoms with Crippen LogP contribution in [0, 0.1) is 0 Å². The van der Waals surface area contributed by atoms with Gasteiger partial charge in [-0.05, 0) is 51.4 Å². The number of hydrogen-bond acceptors (Lipinski definition) is 7. The Morgan fingerprint density at radius 2 is 1.02 bits per heavy atom. The molecule has 2 N–H and O–H groups in total. The molecule has 9 nitrogen and oxygen atoms in total. The van der Waals surface area contributed by atoms with E-state index in [9.17, 15) is 14.2 Å². The number of carbonyl (C=O) groups is 2. The van der Waals surface area contributed by atoms with Crippen LogP contribution in [-0.4, -0.2) is 53.3 Å². The fourth-order valence-corrected chi connectivity index (χ4v) is 7.35. The van der Waals surface area contributed by atoms with E-state index in [1.807, 2.05) is 0 Å². The molecule has 0 bridgehead atoms. The molecule has 10 heteroatoms. The second kappa shape index (κ2) is 38.4. The van der Waals surface area contributed by atoms with Crippen molar-refractivity contribution in [3.8, 4) is 0 Å². The van der Waals surface area contributed by atoms with E-state index in [1.165, 1.54) is 135 Å². The first-order valence-corrected chi connectivity index (χ1v) is 24.9. The molecule has 0 amide bonds. The lowest BCUT2D eigenvalue weighted by Gasteiger charge is -2.18. The van der Waals surface area contributed by atoms with Crippen molar-refractivity contribution < 1.29 is 42.7 Å². The maximum Gasteiger partial charge on any atom is 0.469 e. The normalized spacial score (nSPS) is 16.3. The fraction of sp³-hybridized carbons (Fsp3) is 0.830. The average molecular weight is 825 g/mol. The summed E-state index contributed by atoms with van der Waals surface area (Å²) in [5.74, 6) is -0.952. The standard InChI is InChI=1S/C47H85O9P/c1-3-5-7-9-11-13-15-17-18-19-20-21-22-23-24-25-27-29-31-33-35-39-46(48)53-41-43(42-54-57(50,51)52)55-47(49)40-36-38-45-44(56-45)37-34-32-30-28-26-16-14-12-10-8-6-4-2/h12,14,26,28,32,34,43-45H,3-11,13,15-25,27,29-31,33,35-42H2,1-2H3,(H2,50,51,52)/b14-12-,28-26-,34-32-/t43-,44?,45?/m1/s1. The second-order valence-corrected chi connectivity index (χ2v) is 17.4. The minimum atomic E-state index is -4.78. The molecule has 2 unspecified atom stereocenters. The molecule has 1 aliphatic heterocycles. The quantitative estimate of drug-likeness (QED) is 0.0203. The Bertz CT molecular complexity index is 1080. The van der Waals surface area contributed by atoms with Gasteiger partial charge in [0.15, 0.2) is 6.10 Å². The van der Waals surface area contributed by atoms with Gasteiger partial charge in [0, 0.05) is 12.8 Å². The SMILES string of the molecule is CCCCC/C=C\C/C=C\C/C=C\CC1OC1CCCC(=O)O[C@H](COC(=O)CCCCCCCCCCCCCCCCCCCCCCC)COP(=O)(O)O. The molecule has 0 aromatic carbocycles. The van der Waals surface area contributed by atoms with E-state index in [0.717, 1.165) is 51.4 Å². The second-order valence-electron chi connectivity index (χ2n) is 16.1. The van der Waals surface area contributed by atoms with Crippen LogP contribution in [0.15, 0.2) is 36.5 Å². The number of epoxide rings is 1. The van der Waals surface area contributed by atoms with Crippen molar-refractivity contribution in [3.05, 3.63) is 36.5 Å². The number of phosphoric ester groups is 1. The van der Waals surface area contributed by atoms with Crippen LogP contribution in [0.1, 0.15) is 219 Å². The molecular weight excluding hydrogens is 739 g/mol. The third-order valence-corrected chi connectivity index (χ3v) is 11.1. The van der Waals surface area contributed by atoms with Gasteiger partial charge in [0.05, 0.1) is 18.8 Å². The summed E-state index contributed by atoms with van der Waals surface area (Å²) in [4.78, 5) is 43.1. The molecule has 1 rings (SSSR count). The molecule has 3 atom stereocenters. The highest BCUT2D eigenvalue weighted by Crippen LogP contribution is 2.36. The van der Waals surface area contributed by atoms with E-state index in [4.69, 9.17) is 24.0 Å². The molecular formula is C47H85O9P. The van der Waals surface area contributed by atoms with Crippen LogP contribution in [0.4, 0.5) is 0 Å². The van der Waals surface area contributed by atoms with Gasteiger partial charge in [0.2, 0.25) is 0 Å². The third-order valence-electron chi connectivity index (χ3n) is 10.6. The van der Waals surface area contributed by atoms with Gasteiger partial charge in [-0.2, -0.15) is 0 Å². The summed E-state index contributed by atoms with van der Waals surface area (Å²) >= 11 is 0. The first kappa shape index (κ1) is 53.2. The molecule has 1 aliphatic rings. The molecule has 0 spiro atoms. The van der Waals surface area contributed by atoms with Crippen LogP contribution in [0.25, 0.3) is 0 Å². The summed E-state index contributed by atoms with van der Waals surface area (Å²) in [6, 6.07) is 0. The van der Waals surface area contributed by atoms with Gasteiger partial charge in [-0.3, -0.25) is 14.1 Å². The van der Waals surface area contributed by atoms with Crippen molar-refractivity contribution in [2.45, 2.75) is 238 Å². The number of ether oxygens (including phenoxy) is 3. The Morgan fingerprint density at radius 1 is 0.561 bits per heavy atom. The van der Waals surface area contributed by atoms with E-state index in [1.54, 1.807) is 0 Å². The molecule has 1 saturated heterocycles. The maximum absolute atomic E-state index is 12.5. The molecule has 1 fully saturated rings. The maximum atomic E-state index is 12.5. The highest BCUT2D eigenvalue weighted by molar-refractivity contribution is 7.46. The minimum absolute atomic E-state index is 0.115. The predicted octanol–water partition coefficient (Wildman–Crippen LogP) is 13.5. The van der Waals surface area contributed by atoms with E-state index in [2.05, 4.69) is 54.8 Å². The summed E-state index contributed by atoms with van der Waals surface area (Å²) in [5.41, 5.74) is 0. The number of esters is 2. The Balaban J connectivity index is 2.05. The third kappa shape index (κ3) is 38.2. The summed E-state index contributed by atoms with van der Waals surface area (Å²) in [7, 11) is -4.78. The Kier molecular flexibility index (Phi) is 35.9. The van der Waals surface area contributed by atoms with Gasteiger partial charge in [0.1, 0.15) is 6.61 Å². The molecule has 1 heterocycles. The smallest absolute Gasteiger partial charge is 0.462 e. The first-order valence-electron chi connectivity index (χ1n) is 23.4. The lowest BCUT2D eigenvalue weighted by Crippen LogP contribution is -2.29. The van der Waals surface area contributed by atoms with Crippen LogP contribution < -0.4 is 0 Å². The minimum Gasteiger partial charge on any atom is -0.462 e. The molecule has 0 saturated carbocycles. The summed E-state index contributed by atoms with van der Waals surface area (Å²) < 4.78 is 32.2. The van der Waals surface area contributed by atoms with Gasteiger partial charge in [0.25, 0.3) is 0 Å². The van der Waals surface area contributed by atoms with E-state index >= 15 is 0 Å². The van der Waals surface area contributed by atoms with E-state index < -0.39 is 32.5 Å². The van der Waals surface area contributed by atoms with Crippen molar-refractivity contribution in [1.82, 2.24) is 0 Å². The van der Waals surface area contributed by atoms with Crippen molar-refractivity contribution in [3.63, 3.8) is 0 Å². The largest absolute Gasteiger partial charge is 0.469 e. The van der Waals surface area contributed by atoms with Crippen LogP contribution in [0.5, 0.6) is 0 Å². The lowest BCUT2D eigenvalue weighted by atomic mass is 10.0. The molecule has 0 radical (unpaired) electrons. The van der Waals surface area contributed by atoms with Crippen molar-refractivity contribution in [2.24, 2.45) is 0 Å². The van der Waals surface area contributed by atoms with Crippen LogP contribution >= 0.6 is 7.82 Å². The first-order chi connectivity index (χ1) is 27.7. The van der Waals surface area contributed by atoms with E-state index in [-0.39, 0.29) is 31.7 Å². The Hall–Kier alpha value is -1.77. The molecule has 332 valence electrons. The van der Waals surface area contributed by atoms with Crippen LogP contribution in [0.3, 0.4) is 0 Å². The summed E-state index contributed by atoms with van der Waals surface area (Å²) in [6.07, 6.45) is 48.9. The van der Waals surface area contributed by atoms with Gasteiger partial charge < -0.3 is 24.0 Å². The predicted molar refractivity (Wildman–Crippen MR) is 234 cm³/mol. The number of allylic oxidation sites excluding steroid dienone is 5. The van der Waals surface area contributed by atoms with Crippen LogP contribution in [-0.2, 0) is 32.9 Å². The average Bonchev–Trinajstić information content (AvgIpc) is 3.94. The van der Waals surface area contributed by atoms with Crippen LogP contribution in [0.2, 0.25) is 0 Å². The fourth-order valence-electron chi connectivity index (χ4n) is 6.99. The Morgan fingerprint density at radius 3 is 1.54 bits per heavy atom. The number of hydrogen-bond donors (Lipinski definition) is 2. The van der Waals surface area contributed by atoms with Crippen molar-refractivity contribution >= 4 is 19.8 Å². The van der Waals surface area contributed by atoms with Gasteiger partial charge in [-0.25, -0.2) is 4.57 Å². The zero-order chi connectivity index (χ0) is 41.5. The highest BCUT2D eigenvalue weighted by atomic mass is 31.2. The van der Waals surface area contributed by atoms with E-state index in [0.29, 0.717) is 6.42 Å². The number of phosphoric acid groups is 1. The van der Waals surface area contributed by atoms with Crippen molar-refractivity contribution in [1.29, 1.82) is 0 Å². The molecule has 0 aliphatic carbocycles. The topological polar surface area (TPSA) is 132 Å². The zero-order valence-corrected chi connectivity index (χ0v) is 37.3. The Labute approximate surface area is 348 Å².